The number of hydrogen-bond acceptors (Lipinski definition) is 5. The van der Waals surface area contributed by atoms with E-state index in [9.17, 15) is 9.18 Å². The fraction of sp³-hybridized carbons (Fsp3) is 0.333. The van der Waals surface area contributed by atoms with Crippen LogP contribution in [-0.4, -0.2) is 43.6 Å². The maximum Gasteiger partial charge on any atom is 0.257 e. The van der Waals surface area contributed by atoms with Gasteiger partial charge in [-0.15, -0.1) is 0 Å². The fourth-order valence-electron chi connectivity index (χ4n) is 3.64. The van der Waals surface area contributed by atoms with E-state index in [1.165, 1.54) is 12.1 Å². The number of ether oxygens (including phenoxy) is 1. The van der Waals surface area contributed by atoms with Crippen LogP contribution in [0.1, 0.15) is 40.5 Å². The van der Waals surface area contributed by atoms with Gasteiger partial charge in [-0.05, 0) is 44.0 Å². The SMILES string of the molecule is Cc1nn(C)cc1C(=O)N1CCC(c2nccnc2Oc2ccc(F)cc2)CC1. The summed E-state index contributed by atoms with van der Waals surface area (Å²) in [5.74, 6) is 0.756. The van der Waals surface area contributed by atoms with E-state index in [0.717, 1.165) is 24.2 Å². The lowest BCUT2D eigenvalue weighted by Gasteiger charge is -2.32. The van der Waals surface area contributed by atoms with Crippen LogP contribution in [0.4, 0.5) is 4.39 Å². The van der Waals surface area contributed by atoms with E-state index in [4.69, 9.17) is 4.74 Å². The third kappa shape index (κ3) is 4.11. The minimum atomic E-state index is -0.322. The number of hydrogen-bond donors (Lipinski definition) is 0. The Morgan fingerprint density at radius 1 is 1.14 bits per heavy atom. The smallest absolute Gasteiger partial charge is 0.257 e. The third-order valence-corrected chi connectivity index (χ3v) is 5.13. The minimum Gasteiger partial charge on any atom is -0.437 e. The zero-order valence-corrected chi connectivity index (χ0v) is 16.4. The van der Waals surface area contributed by atoms with Gasteiger partial charge in [-0.2, -0.15) is 5.10 Å². The summed E-state index contributed by atoms with van der Waals surface area (Å²) < 4.78 is 20.6. The lowest BCUT2D eigenvalue weighted by atomic mass is 9.93. The van der Waals surface area contributed by atoms with Gasteiger partial charge in [-0.1, -0.05) is 0 Å². The highest BCUT2D eigenvalue weighted by atomic mass is 19.1. The van der Waals surface area contributed by atoms with E-state index >= 15 is 0 Å². The Bertz CT molecular complexity index is 1010. The lowest BCUT2D eigenvalue weighted by molar-refractivity contribution is 0.0711. The van der Waals surface area contributed by atoms with Crippen molar-refractivity contribution in [3.63, 3.8) is 0 Å². The normalized spacial score (nSPS) is 14.8. The summed E-state index contributed by atoms with van der Waals surface area (Å²) in [5.41, 5.74) is 2.15. The Morgan fingerprint density at radius 2 is 1.83 bits per heavy atom. The van der Waals surface area contributed by atoms with Crippen LogP contribution in [0.5, 0.6) is 11.6 Å². The van der Waals surface area contributed by atoms with Crippen molar-refractivity contribution in [3.8, 4) is 11.6 Å². The van der Waals surface area contributed by atoms with Crippen molar-refractivity contribution in [1.82, 2.24) is 24.6 Å². The number of aromatic nitrogens is 4. The second kappa shape index (κ2) is 7.98. The fourth-order valence-corrected chi connectivity index (χ4v) is 3.64. The number of nitrogens with zero attached hydrogens (tertiary/aromatic N) is 5. The van der Waals surface area contributed by atoms with Crippen LogP contribution in [0.2, 0.25) is 0 Å². The number of rotatable bonds is 4. The molecule has 0 atom stereocenters. The van der Waals surface area contributed by atoms with Gasteiger partial charge in [0.2, 0.25) is 5.88 Å². The maximum absolute atomic E-state index is 13.1. The molecule has 0 radical (unpaired) electrons. The molecule has 0 unspecified atom stereocenters. The molecule has 0 aliphatic carbocycles. The molecule has 29 heavy (non-hydrogen) atoms. The Labute approximate surface area is 168 Å². The molecule has 1 aromatic carbocycles. The molecule has 1 aliphatic heterocycles. The molecule has 0 N–H and O–H groups in total. The minimum absolute atomic E-state index is 0.0102. The Morgan fingerprint density at radius 3 is 2.48 bits per heavy atom. The summed E-state index contributed by atoms with van der Waals surface area (Å²) in [6.07, 6.45) is 6.52. The predicted octanol–water partition coefficient (Wildman–Crippen LogP) is 3.47. The van der Waals surface area contributed by atoms with Crippen molar-refractivity contribution < 1.29 is 13.9 Å². The zero-order chi connectivity index (χ0) is 20.4. The number of piperidine rings is 1. The molecule has 0 saturated carbocycles. The zero-order valence-electron chi connectivity index (χ0n) is 16.4. The number of carbonyl (C=O) groups is 1. The van der Waals surface area contributed by atoms with E-state index in [-0.39, 0.29) is 17.6 Å². The molecule has 8 heteroatoms. The highest BCUT2D eigenvalue weighted by molar-refractivity contribution is 5.95. The highest BCUT2D eigenvalue weighted by Gasteiger charge is 2.29. The Kier molecular flexibility index (Phi) is 5.24. The van der Waals surface area contributed by atoms with Crippen molar-refractivity contribution in [2.24, 2.45) is 7.05 Å². The summed E-state index contributed by atoms with van der Waals surface area (Å²) >= 11 is 0. The molecule has 3 aromatic rings. The van der Waals surface area contributed by atoms with E-state index in [1.54, 1.807) is 35.4 Å². The van der Waals surface area contributed by atoms with Gasteiger partial charge in [0.25, 0.3) is 5.91 Å². The van der Waals surface area contributed by atoms with Crippen LogP contribution in [-0.2, 0) is 7.05 Å². The molecule has 1 saturated heterocycles. The standard InChI is InChI=1S/C21H22FN5O2/c1-14-18(13-26(2)25-14)21(28)27-11-7-15(8-12-27)19-20(24-10-9-23-19)29-17-5-3-16(22)4-6-17/h3-6,9-10,13,15H,7-8,11-12H2,1-2H3. The van der Waals surface area contributed by atoms with E-state index in [1.807, 2.05) is 18.9 Å². The van der Waals surface area contributed by atoms with Crippen LogP contribution in [0, 0.1) is 12.7 Å². The molecule has 0 spiro atoms. The lowest BCUT2D eigenvalue weighted by Crippen LogP contribution is -2.38. The molecule has 4 rings (SSSR count). The molecular weight excluding hydrogens is 373 g/mol. The maximum atomic E-state index is 13.1. The van der Waals surface area contributed by atoms with Crippen molar-refractivity contribution in [3.05, 3.63) is 65.6 Å². The van der Waals surface area contributed by atoms with Crippen LogP contribution in [0.15, 0.2) is 42.9 Å². The summed E-state index contributed by atoms with van der Waals surface area (Å²) in [6.45, 7) is 3.10. The van der Waals surface area contributed by atoms with Crippen molar-refractivity contribution in [1.29, 1.82) is 0 Å². The van der Waals surface area contributed by atoms with Gasteiger partial charge in [-0.3, -0.25) is 14.5 Å². The van der Waals surface area contributed by atoms with E-state index in [2.05, 4.69) is 15.1 Å². The van der Waals surface area contributed by atoms with Crippen LogP contribution in [0.25, 0.3) is 0 Å². The quantitative estimate of drug-likeness (QED) is 0.676. The summed E-state index contributed by atoms with van der Waals surface area (Å²) in [4.78, 5) is 23.5. The molecule has 1 aliphatic rings. The average Bonchev–Trinajstić information content (AvgIpc) is 3.08. The number of halogens is 1. The van der Waals surface area contributed by atoms with Crippen molar-refractivity contribution >= 4 is 5.91 Å². The first kappa shape index (κ1) is 19.0. The third-order valence-electron chi connectivity index (χ3n) is 5.13. The second-order valence-corrected chi connectivity index (χ2v) is 7.17. The van der Waals surface area contributed by atoms with Crippen LogP contribution < -0.4 is 4.74 Å². The van der Waals surface area contributed by atoms with Crippen molar-refractivity contribution in [2.75, 3.05) is 13.1 Å². The first-order chi connectivity index (χ1) is 14.0. The number of likely N-dealkylation sites (tertiary alicyclic amines) is 1. The average molecular weight is 395 g/mol. The predicted molar refractivity (Wildman–Crippen MR) is 104 cm³/mol. The highest BCUT2D eigenvalue weighted by Crippen LogP contribution is 2.33. The van der Waals surface area contributed by atoms with Gasteiger partial charge < -0.3 is 9.64 Å². The van der Waals surface area contributed by atoms with Gasteiger partial charge in [-0.25, -0.2) is 9.37 Å². The number of aryl methyl sites for hydroxylation is 2. The number of benzene rings is 1. The Balaban J connectivity index is 1.45. The van der Waals surface area contributed by atoms with Gasteiger partial charge >= 0.3 is 0 Å². The molecule has 1 amide bonds. The van der Waals surface area contributed by atoms with Gasteiger partial charge in [0, 0.05) is 44.6 Å². The largest absolute Gasteiger partial charge is 0.437 e. The summed E-state index contributed by atoms with van der Waals surface area (Å²) in [5, 5.41) is 4.26. The summed E-state index contributed by atoms with van der Waals surface area (Å²) in [7, 11) is 1.81. The van der Waals surface area contributed by atoms with Crippen LogP contribution >= 0.6 is 0 Å². The van der Waals surface area contributed by atoms with Crippen molar-refractivity contribution in [2.45, 2.75) is 25.7 Å². The van der Waals surface area contributed by atoms with Crippen LogP contribution in [0.3, 0.4) is 0 Å². The first-order valence-electron chi connectivity index (χ1n) is 9.55. The molecule has 1 fully saturated rings. The van der Waals surface area contributed by atoms with E-state index in [0.29, 0.717) is 30.3 Å². The molecular formula is C21H22FN5O2. The van der Waals surface area contributed by atoms with Gasteiger partial charge in [0.1, 0.15) is 17.3 Å². The van der Waals surface area contributed by atoms with E-state index < -0.39 is 0 Å². The summed E-state index contributed by atoms with van der Waals surface area (Å²) in [6, 6.07) is 5.81. The monoisotopic (exact) mass is 395 g/mol. The molecule has 7 nitrogen and oxygen atoms in total. The number of carbonyl (C=O) groups excluding carboxylic acids is 1. The van der Waals surface area contributed by atoms with Gasteiger partial charge in [0.05, 0.1) is 11.3 Å². The molecule has 3 heterocycles. The molecule has 150 valence electrons. The van der Waals surface area contributed by atoms with Gasteiger partial charge in [0.15, 0.2) is 0 Å². The number of amides is 1. The second-order valence-electron chi connectivity index (χ2n) is 7.17. The first-order valence-corrected chi connectivity index (χ1v) is 9.55. The molecule has 0 bridgehead atoms. The molecule has 2 aromatic heterocycles. The topological polar surface area (TPSA) is 73.1 Å². The Hall–Kier alpha value is -3.29.